The Morgan fingerprint density at radius 2 is 2.17 bits per heavy atom. The molecule has 0 aliphatic heterocycles. The number of hydrogen-bond acceptors (Lipinski definition) is 4. The zero-order chi connectivity index (χ0) is 13.5. The van der Waals surface area contributed by atoms with Crippen molar-refractivity contribution in [1.82, 2.24) is 0 Å². The highest BCUT2D eigenvalue weighted by molar-refractivity contribution is 6.34. The third kappa shape index (κ3) is 3.81. The highest BCUT2D eigenvalue weighted by Crippen LogP contribution is 2.29. The van der Waals surface area contributed by atoms with Crippen molar-refractivity contribution in [3.05, 3.63) is 22.7 Å². The van der Waals surface area contributed by atoms with Gasteiger partial charge in [0.1, 0.15) is 0 Å². The van der Waals surface area contributed by atoms with E-state index in [9.17, 15) is 4.79 Å². The van der Waals surface area contributed by atoms with Crippen molar-refractivity contribution < 1.29 is 9.53 Å². The van der Waals surface area contributed by atoms with Crippen molar-refractivity contribution in [2.75, 3.05) is 24.2 Å². The van der Waals surface area contributed by atoms with E-state index in [1.165, 1.54) is 0 Å². The van der Waals surface area contributed by atoms with Crippen molar-refractivity contribution in [2.24, 2.45) is 0 Å². The SMILES string of the molecule is CCCCNc1c(Cl)cc(N)cc1C(=O)OCC. The van der Waals surface area contributed by atoms with Gasteiger partial charge in [0.15, 0.2) is 0 Å². The zero-order valence-corrected chi connectivity index (χ0v) is 11.5. The van der Waals surface area contributed by atoms with Crippen molar-refractivity contribution in [3.8, 4) is 0 Å². The van der Waals surface area contributed by atoms with Crippen LogP contribution in [0.1, 0.15) is 37.0 Å². The predicted molar refractivity (Wildman–Crippen MR) is 75.2 cm³/mol. The third-order valence-electron chi connectivity index (χ3n) is 2.44. The van der Waals surface area contributed by atoms with Gasteiger partial charge >= 0.3 is 5.97 Å². The van der Waals surface area contributed by atoms with E-state index >= 15 is 0 Å². The molecule has 0 atom stereocenters. The molecule has 18 heavy (non-hydrogen) atoms. The van der Waals surface area contributed by atoms with E-state index in [1.807, 2.05) is 0 Å². The van der Waals surface area contributed by atoms with Crippen LogP contribution in [0.4, 0.5) is 11.4 Å². The Morgan fingerprint density at radius 1 is 1.44 bits per heavy atom. The number of carbonyl (C=O) groups is 1. The molecule has 4 nitrogen and oxygen atoms in total. The van der Waals surface area contributed by atoms with Gasteiger partial charge in [0, 0.05) is 12.2 Å². The van der Waals surface area contributed by atoms with Crippen molar-refractivity contribution >= 4 is 28.9 Å². The molecule has 0 heterocycles. The number of benzene rings is 1. The van der Waals surface area contributed by atoms with Crippen LogP contribution in [0, 0.1) is 0 Å². The fraction of sp³-hybridized carbons (Fsp3) is 0.462. The molecule has 0 saturated carbocycles. The second-order valence-electron chi connectivity index (χ2n) is 3.93. The zero-order valence-electron chi connectivity index (χ0n) is 10.8. The maximum atomic E-state index is 11.8. The Balaban J connectivity index is 3.00. The number of nitrogens with one attached hydrogen (secondary N) is 1. The lowest BCUT2D eigenvalue weighted by Gasteiger charge is -2.13. The Bertz CT molecular complexity index is 422. The maximum absolute atomic E-state index is 11.8. The first-order chi connectivity index (χ1) is 8.60. The number of esters is 1. The number of nitrogen functional groups attached to an aromatic ring is 1. The molecule has 3 N–H and O–H groups in total. The fourth-order valence-corrected chi connectivity index (χ4v) is 1.86. The van der Waals surface area contributed by atoms with Crippen LogP contribution in [-0.2, 0) is 4.74 Å². The van der Waals surface area contributed by atoms with Crippen molar-refractivity contribution in [3.63, 3.8) is 0 Å². The number of ether oxygens (including phenoxy) is 1. The highest BCUT2D eigenvalue weighted by Gasteiger charge is 2.16. The normalized spacial score (nSPS) is 10.2. The molecule has 0 amide bonds. The number of rotatable bonds is 6. The summed E-state index contributed by atoms with van der Waals surface area (Å²) in [6.45, 7) is 4.93. The highest BCUT2D eigenvalue weighted by atomic mass is 35.5. The second kappa shape index (κ2) is 7.11. The lowest BCUT2D eigenvalue weighted by atomic mass is 10.1. The number of nitrogens with two attached hydrogens (primary N) is 1. The summed E-state index contributed by atoms with van der Waals surface area (Å²) in [6.07, 6.45) is 2.07. The molecule has 1 aromatic carbocycles. The minimum absolute atomic E-state index is 0.319. The molecule has 0 aliphatic rings. The molecule has 5 heteroatoms. The summed E-state index contributed by atoms with van der Waals surface area (Å²) in [5.41, 5.74) is 7.13. The molecule has 0 saturated heterocycles. The minimum atomic E-state index is -0.411. The average Bonchev–Trinajstić information content (AvgIpc) is 2.31. The lowest BCUT2D eigenvalue weighted by Crippen LogP contribution is -2.12. The number of hydrogen-bond donors (Lipinski definition) is 2. The molecule has 0 fully saturated rings. The number of carbonyl (C=O) groups excluding carboxylic acids is 1. The molecule has 100 valence electrons. The van der Waals surface area contributed by atoms with Crippen molar-refractivity contribution in [1.29, 1.82) is 0 Å². The summed E-state index contributed by atoms with van der Waals surface area (Å²) in [7, 11) is 0. The first-order valence-electron chi connectivity index (χ1n) is 6.10. The summed E-state index contributed by atoms with van der Waals surface area (Å²) in [5.74, 6) is -0.411. The molecular weight excluding hydrogens is 252 g/mol. The summed E-state index contributed by atoms with van der Waals surface area (Å²) in [6, 6.07) is 3.21. The molecule has 0 bridgehead atoms. The van der Waals surface area contributed by atoms with Crippen LogP contribution in [0.15, 0.2) is 12.1 Å². The average molecular weight is 271 g/mol. The van der Waals surface area contributed by atoms with E-state index < -0.39 is 5.97 Å². The lowest BCUT2D eigenvalue weighted by molar-refractivity contribution is 0.0527. The van der Waals surface area contributed by atoms with Crippen molar-refractivity contribution in [2.45, 2.75) is 26.7 Å². The fourth-order valence-electron chi connectivity index (χ4n) is 1.57. The topological polar surface area (TPSA) is 64.3 Å². The van der Waals surface area contributed by atoms with Crippen LogP contribution in [0.25, 0.3) is 0 Å². The van der Waals surface area contributed by atoms with Gasteiger partial charge in [-0.25, -0.2) is 4.79 Å². The molecular formula is C13H19ClN2O2. The van der Waals surface area contributed by atoms with E-state index in [1.54, 1.807) is 19.1 Å². The second-order valence-corrected chi connectivity index (χ2v) is 4.33. The Morgan fingerprint density at radius 3 is 2.78 bits per heavy atom. The van der Waals surface area contributed by atoms with Gasteiger partial charge in [-0.15, -0.1) is 0 Å². The van der Waals surface area contributed by atoms with Crippen LogP contribution >= 0.6 is 11.6 Å². The first kappa shape index (κ1) is 14.6. The van der Waals surface area contributed by atoms with Crippen LogP contribution in [0.5, 0.6) is 0 Å². The maximum Gasteiger partial charge on any atom is 0.340 e. The van der Waals surface area contributed by atoms with Gasteiger partial charge in [0.25, 0.3) is 0 Å². The van der Waals surface area contributed by atoms with E-state index in [0.29, 0.717) is 28.6 Å². The van der Waals surface area contributed by atoms with Crippen LogP contribution in [0.2, 0.25) is 5.02 Å². The summed E-state index contributed by atoms with van der Waals surface area (Å²) < 4.78 is 4.99. The standard InChI is InChI=1S/C13H19ClN2O2/c1-3-5-6-16-12-10(13(17)18-4-2)7-9(15)8-11(12)14/h7-8,16H,3-6,15H2,1-2H3. The Labute approximate surface area is 112 Å². The molecule has 1 aromatic rings. The Kier molecular flexibility index (Phi) is 5.78. The van der Waals surface area contributed by atoms with Gasteiger partial charge in [0.2, 0.25) is 0 Å². The molecule has 0 aromatic heterocycles. The largest absolute Gasteiger partial charge is 0.462 e. The van der Waals surface area contributed by atoms with Gasteiger partial charge in [-0.1, -0.05) is 24.9 Å². The summed E-state index contributed by atoms with van der Waals surface area (Å²) in [4.78, 5) is 11.8. The summed E-state index contributed by atoms with van der Waals surface area (Å²) in [5, 5.41) is 3.60. The summed E-state index contributed by atoms with van der Waals surface area (Å²) >= 11 is 6.11. The van der Waals surface area contributed by atoms with E-state index in [0.717, 1.165) is 19.4 Å². The molecule has 0 radical (unpaired) electrons. The Hall–Kier alpha value is -1.42. The van der Waals surface area contributed by atoms with Gasteiger partial charge in [-0.05, 0) is 25.5 Å². The monoisotopic (exact) mass is 270 g/mol. The van der Waals surface area contributed by atoms with E-state index in [4.69, 9.17) is 22.1 Å². The smallest absolute Gasteiger partial charge is 0.340 e. The molecule has 1 rings (SSSR count). The van der Waals surface area contributed by atoms with Crippen LogP contribution in [-0.4, -0.2) is 19.1 Å². The molecule has 0 unspecified atom stereocenters. The quantitative estimate of drug-likeness (QED) is 0.473. The van der Waals surface area contributed by atoms with E-state index in [2.05, 4.69) is 12.2 Å². The van der Waals surface area contributed by atoms with Crippen LogP contribution < -0.4 is 11.1 Å². The van der Waals surface area contributed by atoms with E-state index in [-0.39, 0.29) is 0 Å². The van der Waals surface area contributed by atoms with Crippen LogP contribution in [0.3, 0.4) is 0 Å². The molecule has 0 spiro atoms. The van der Waals surface area contributed by atoms with Gasteiger partial charge in [-0.2, -0.15) is 0 Å². The number of unbranched alkanes of at least 4 members (excludes halogenated alkanes) is 1. The first-order valence-corrected chi connectivity index (χ1v) is 6.48. The predicted octanol–water partition coefficient (Wildman–Crippen LogP) is 3.31. The van der Waals surface area contributed by atoms with Gasteiger partial charge in [0.05, 0.1) is 22.9 Å². The number of anilines is 2. The molecule has 0 aliphatic carbocycles. The number of halogens is 1. The van der Waals surface area contributed by atoms with Gasteiger partial charge < -0.3 is 15.8 Å². The third-order valence-corrected chi connectivity index (χ3v) is 2.74. The minimum Gasteiger partial charge on any atom is -0.462 e. The van der Waals surface area contributed by atoms with Gasteiger partial charge in [-0.3, -0.25) is 0 Å².